The lowest BCUT2D eigenvalue weighted by Crippen LogP contribution is -2.35. The topological polar surface area (TPSA) is 49.9 Å². The molecule has 0 aliphatic carbocycles. The Morgan fingerprint density at radius 3 is 2.47 bits per heavy atom. The minimum Gasteiger partial charge on any atom is -0.493 e. The van der Waals surface area contributed by atoms with Crippen LogP contribution in [0, 0.1) is 0 Å². The summed E-state index contributed by atoms with van der Waals surface area (Å²) in [7, 11) is -3.62. The van der Waals surface area contributed by atoms with Gasteiger partial charge in [-0.1, -0.05) is 32.4 Å². The van der Waals surface area contributed by atoms with Crippen LogP contribution in [0.25, 0.3) is 0 Å². The third-order valence-electron chi connectivity index (χ3n) is 6.22. The molecule has 0 atom stereocenters. The van der Waals surface area contributed by atoms with Crippen LogP contribution in [0.3, 0.4) is 0 Å². The van der Waals surface area contributed by atoms with E-state index in [4.69, 9.17) is 4.74 Å². The van der Waals surface area contributed by atoms with Gasteiger partial charge in [0.15, 0.2) is 0 Å². The van der Waals surface area contributed by atoms with Crippen LogP contribution in [-0.4, -0.2) is 51.9 Å². The molecule has 0 aromatic heterocycles. The normalized spacial score (nSPS) is 17.4. The molecule has 2 aromatic carbocycles. The molecular formula is C25H34N2O3S2. The fourth-order valence-corrected chi connectivity index (χ4v) is 6.95. The number of piperidine rings is 1. The summed E-state index contributed by atoms with van der Waals surface area (Å²) >= 11 is 1.70. The Morgan fingerprint density at radius 2 is 1.75 bits per heavy atom. The molecule has 0 unspecified atom stereocenters. The Hall–Kier alpha value is -1.70. The van der Waals surface area contributed by atoms with Crippen LogP contribution >= 0.6 is 11.8 Å². The van der Waals surface area contributed by atoms with Crippen LogP contribution in [0.5, 0.6) is 5.75 Å². The second kappa shape index (κ2) is 10.5. The molecule has 2 aliphatic heterocycles. The number of fused-ring (bicyclic) bond motifs is 1. The summed E-state index contributed by atoms with van der Waals surface area (Å²) in [4.78, 5) is 3.83. The van der Waals surface area contributed by atoms with Crippen LogP contribution in [0.15, 0.2) is 52.3 Å². The Morgan fingerprint density at radius 1 is 1.00 bits per heavy atom. The van der Waals surface area contributed by atoms with Crippen LogP contribution < -0.4 is 9.04 Å². The number of nitrogens with zero attached hydrogens (tertiary/aromatic N) is 2. The summed E-state index contributed by atoms with van der Waals surface area (Å²) in [5, 5.41) is 0. The number of ether oxygens (including phenoxy) is 1. The van der Waals surface area contributed by atoms with Crippen molar-refractivity contribution in [3.8, 4) is 5.75 Å². The average molecular weight is 475 g/mol. The Labute approximate surface area is 197 Å². The average Bonchev–Trinajstić information content (AvgIpc) is 2.82. The molecule has 0 bridgehead atoms. The maximum absolute atomic E-state index is 13.4. The molecule has 4 rings (SSSR count). The highest BCUT2D eigenvalue weighted by molar-refractivity contribution is 8.00. The minimum atomic E-state index is -3.62. The molecule has 0 saturated carbocycles. The van der Waals surface area contributed by atoms with Gasteiger partial charge in [-0.25, -0.2) is 8.42 Å². The van der Waals surface area contributed by atoms with Crippen LogP contribution in [-0.2, 0) is 10.0 Å². The van der Waals surface area contributed by atoms with E-state index in [0.29, 0.717) is 24.0 Å². The molecule has 32 heavy (non-hydrogen) atoms. The van der Waals surface area contributed by atoms with Gasteiger partial charge in [0, 0.05) is 29.8 Å². The number of hydrogen-bond acceptors (Lipinski definition) is 5. The summed E-state index contributed by atoms with van der Waals surface area (Å²) in [6, 6.07) is 13.1. The van der Waals surface area contributed by atoms with Gasteiger partial charge in [0.2, 0.25) is 0 Å². The van der Waals surface area contributed by atoms with E-state index in [1.807, 2.05) is 30.3 Å². The van der Waals surface area contributed by atoms with Gasteiger partial charge in [0.25, 0.3) is 10.0 Å². The van der Waals surface area contributed by atoms with E-state index in [0.717, 1.165) is 40.6 Å². The predicted molar refractivity (Wildman–Crippen MR) is 133 cm³/mol. The Kier molecular flexibility index (Phi) is 7.69. The van der Waals surface area contributed by atoms with E-state index in [9.17, 15) is 8.42 Å². The van der Waals surface area contributed by atoms with Gasteiger partial charge < -0.3 is 9.64 Å². The lowest BCUT2D eigenvalue weighted by Gasteiger charge is -2.30. The zero-order valence-corrected chi connectivity index (χ0v) is 20.8. The summed E-state index contributed by atoms with van der Waals surface area (Å²) in [5.74, 6) is 1.85. The van der Waals surface area contributed by atoms with Crippen molar-refractivity contribution < 1.29 is 13.2 Å². The van der Waals surface area contributed by atoms with E-state index in [-0.39, 0.29) is 0 Å². The molecule has 2 aliphatic rings. The third-order valence-corrected chi connectivity index (χ3v) is 9.09. The van der Waals surface area contributed by atoms with Crippen molar-refractivity contribution in [2.75, 3.05) is 42.8 Å². The molecule has 174 valence electrons. The van der Waals surface area contributed by atoms with E-state index in [2.05, 4.69) is 18.7 Å². The monoisotopic (exact) mass is 474 g/mol. The lowest BCUT2D eigenvalue weighted by molar-refractivity contribution is 0.205. The zero-order valence-electron chi connectivity index (χ0n) is 19.1. The summed E-state index contributed by atoms with van der Waals surface area (Å²) in [5.41, 5.74) is 1.86. The molecule has 2 heterocycles. The number of sulfonamides is 1. The summed E-state index contributed by atoms with van der Waals surface area (Å²) < 4.78 is 34.5. The molecular weight excluding hydrogens is 440 g/mol. The van der Waals surface area contributed by atoms with Crippen molar-refractivity contribution in [1.82, 2.24) is 4.90 Å². The zero-order chi connectivity index (χ0) is 22.6. The number of benzene rings is 2. The Bertz CT molecular complexity index is 1000. The van der Waals surface area contributed by atoms with Crippen LogP contribution in [0.4, 0.5) is 5.69 Å². The maximum atomic E-state index is 13.4. The van der Waals surface area contributed by atoms with Crippen molar-refractivity contribution in [3.63, 3.8) is 0 Å². The largest absolute Gasteiger partial charge is 0.493 e. The van der Waals surface area contributed by atoms with Gasteiger partial charge >= 0.3 is 0 Å². The molecule has 1 fully saturated rings. The van der Waals surface area contributed by atoms with E-state index >= 15 is 0 Å². The van der Waals surface area contributed by atoms with Gasteiger partial charge in [0.1, 0.15) is 5.75 Å². The van der Waals surface area contributed by atoms with Crippen molar-refractivity contribution >= 4 is 27.5 Å². The highest BCUT2D eigenvalue weighted by atomic mass is 32.2. The first-order valence-corrected chi connectivity index (χ1v) is 14.1. The third kappa shape index (κ3) is 5.43. The Balaban J connectivity index is 1.45. The van der Waals surface area contributed by atoms with Gasteiger partial charge in [-0.2, -0.15) is 0 Å². The van der Waals surface area contributed by atoms with Gasteiger partial charge in [-0.15, -0.1) is 11.8 Å². The SMILES string of the molecule is CC(C)c1ccc(S(=O)(=O)N2CCSc3ccc(OCCCN4CCCCC4)cc32)cc1. The maximum Gasteiger partial charge on any atom is 0.264 e. The number of rotatable bonds is 8. The standard InChI is InChI=1S/C25H34N2O3S2/c1-20(2)21-7-10-23(11-8-21)32(28,29)27-16-18-31-25-12-9-22(19-24(25)27)30-17-6-15-26-13-4-3-5-14-26/h7-12,19-20H,3-6,13-18H2,1-2H3. The van der Waals surface area contributed by atoms with Crippen molar-refractivity contribution in [2.24, 2.45) is 0 Å². The molecule has 0 amide bonds. The van der Waals surface area contributed by atoms with Crippen LogP contribution in [0.1, 0.15) is 51.0 Å². The van der Waals surface area contributed by atoms with E-state index in [1.165, 1.54) is 32.4 Å². The molecule has 2 aromatic rings. The second-order valence-corrected chi connectivity index (χ2v) is 11.9. The molecule has 0 spiro atoms. The first kappa shape index (κ1) is 23.5. The van der Waals surface area contributed by atoms with Gasteiger partial charge in [-0.05, 0) is 68.1 Å². The highest BCUT2D eigenvalue weighted by Crippen LogP contribution is 2.40. The number of thioether (sulfide) groups is 1. The molecule has 7 heteroatoms. The first-order valence-electron chi connectivity index (χ1n) is 11.7. The first-order chi connectivity index (χ1) is 15.4. The summed E-state index contributed by atoms with van der Waals surface area (Å²) in [6.07, 6.45) is 4.93. The molecule has 0 N–H and O–H groups in total. The van der Waals surface area contributed by atoms with Crippen molar-refractivity contribution in [1.29, 1.82) is 0 Å². The second-order valence-electron chi connectivity index (χ2n) is 8.88. The molecule has 5 nitrogen and oxygen atoms in total. The van der Waals surface area contributed by atoms with E-state index in [1.54, 1.807) is 28.2 Å². The fraction of sp³-hybridized carbons (Fsp3) is 0.520. The number of hydrogen-bond donors (Lipinski definition) is 0. The minimum absolute atomic E-state index is 0.340. The number of likely N-dealkylation sites (tertiary alicyclic amines) is 1. The number of anilines is 1. The van der Waals surface area contributed by atoms with Crippen molar-refractivity contribution in [3.05, 3.63) is 48.0 Å². The predicted octanol–water partition coefficient (Wildman–Crippen LogP) is 5.37. The molecule has 0 radical (unpaired) electrons. The fourth-order valence-electron chi connectivity index (χ4n) is 4.33. The van der Waals surface area contributed by atoms with Gasteiger partial charge in [-0.3, -0.25) is 4.31 Å². The smallest absolute Gasteiger partial charge is 0.264 e. The lowest BCUT2D eigenvalue weighted by atomic mass is 10.0. The van der Waals surface area contributed by atoms with Crippen molar-refractivity contribution in [2.45, 2.75) is 55.2 Å². The van der Waals surface area contributed by atoms with E-state index < -0.39 is 10.0 Å². The quantitative estimate of drug-likeness (QED) is 0.482. The summed E-state index contributed by atoms with van der Waals surface area (Å²) in [6.45, 7) is 8.78. The van der Waals surface area contributed by atoms with Crippen LogP contribution in [0.2, 0.25) is 0 Å². The highest BCUT2D eigenvalue weighted by Gasteiger charge is 2.30. The molecule has 1 saturated heterocycles. The van der Waals surface area contributed by atoms with Gasteiger partial charge in [0.05, 0.1) is 17.2 Å².